The van der Waals surface area contributed by atoms with Crippen LogP contribution in [0.3, 0.4) is 0 Å². The molecule has 0 unspecified atom stereocenters. The number of esters is 2. The van der Waals surface area contributed by atoms with Gasteiger partial charge < -0.3 is 9.64 Å². The van der Waals surface area contributed by atoms with E-state index in [1.165, 1.54) is 12.1 Å². The van der Waals surface area contributed by atoms with Gasteiger partial charge in [0.05, 0.1) is 26.9 Å². The molecule has 2 rings (SSSR count). The van der Waals surface area contributed by atoms with Crippen molar-refractivity contribution in [3.05, 3.63) is 62.6 Å². The van der Waals surface area contributed by atoms with Gasteiger partial charge >= 0.3 is 11.9 Å². The second-order valence-electron chi connectivity index (χ2n) is 5.30. The number of hydrogen-bond donors (Lipinski definition) is 0. The molecular formula is C18H14Cl5NO3. The number of alkyl halides is 2. The summed E-state index contributed by atoms with van der Waals surface area (Å²) in [5, 5.41) is 0.241. The molecule has 0 aliphatic rings. The van der Waals surface area contributed by atoms with E-state index in [4.69, 9.17) is 62.7 Å². The minimum atomic E-state index is -0.970. The van der Waals surface area contributed by atoms with Crippen LogP contribution < -0.4 is 4.90 Å². The van der Waals surface area contributed by atoms with Crippen LogP contribution in [0.5, 0.6) is 0 Å². The second-order valence-corrected chi connectivity index (χ2v) is 7.31. The molecule has 0 aliphatic heterocycles. The summed E-state index contributed by atoms with van der Waals surface area (Å²) in [5.74, 6) is -1.13. The molecule has 0 aliphatic carbocycles. The number of rotatable bonds is 7. The smallest absolute Gasteiger partial charge is 0.349 e. The Kier molecular flexibility index (Phi) is 8.52. The van der Waals surface area contributed by atoms with Crippen molar-refractivity contribution in [1.82, 2.24) is 0 Å². The largest absolute Gasteiger partial charge is 0.386 e. The van der Waals surface area contributed by atoms with Crippen molar-refractivity contribution in [2.24, 2.45) is 0 Å². The van der Waals surface area contributed by atoms with Crippen LogP contribution in [0.25, 0.3) is 0 Å². The van der Waals surface area contributed by atoms with Gasteiger partial charge in [-0.2, -0.15) is 0 Å². The molecule has 9 heteroatoms. The lowest BCUT2D eigenvalue weighted by atomic mass is 10.1. The second kappa shape index (κ2) is 10.4. The van der Waals surface area contributed by atoms with Crippen LogP contribution in [0.15, 0.2) is 36.4 Å². The lowest BCUT2D eigenvalue weighted by Gasteiger charge is -2.24. The summed E-state index contributed by atoms with van der Waals surface area (Å²) in [7, 11) is 0. The average molecular weight is 470 g/mol. The summed E-state index contributed by atoms with van der Waals surface area (Å²) in [6.07, 6.45) is 0. The third-order valence-electron chi connectivity index (χ3n) is 3.57. The van der Waals surface area contributed by atoms with Crippen LogP contribution in [0.4, 0.5) is 5.69 Å². The molecule has 0 spiro atoms. The summed E-state index contributed by atoms with van der Waals surface area (Å²) >= 11 is 29.5. The van der Waals surface area contributed by atoms with Crippen LogP contribution in [0.2, 0.25) is 15.1 Å². The monoisotopic (exact) mass is 467 g/mol. The fourth-order valence-corrected chi connectivity index (χ4v) is 3.79. The lowest BCUT2D eigenvalue weighted by Crippen LogP contribution is -2.29. The number of carbonyl (C=O) groups is 2. The van der Waals surface area contributed by atoms with Crippen molar-refractivity contribution in [1.29, 1.82) is 0 Å². The number of nitrogens with zero attached hydrogens (tertiary/aromatic N) is 1. The summed E-state index contributed by atoms with van der Waals surface area (Å²) in [6.45, 7) is 0.947. The van der Waals surface area contributed by atoms with E-state index >= 15 is 0 Å². The molecular weight excluding hydrogens is 455 g/mol. The van der Waals surface area contributed by atoms with E-state index in [1.54, 1.807) is 24.3 Å². The molecule has 0 saturated carbocycles. The summed E-state index contributed by atoms with van der Waals surface area (Å²) < 4.78 is 4.99. The van der Waals surface area contributed by atoms with Gasteiger partial charge in [0.2, 0.25) is 0 Å². The van der Waals surface area contributed by atoms with Crippen molar-refractivity contribution in [3.63, 3.8) is 0 Å². The van der Waals surface area contributed by atoms with E-state index in [9.17, 15) is 9.59 Å². The molecule has 2 aromatic carbocycles. The topological polar surface area (TPSA) is 46.6 Å². The number of benzene rings is 2. The normalized spacial score (nSPS) is 10.6. The minimum absolute atomic E-state index is 0.00973. The Bertz CT molecular complexity index is 814. The van der Waals surface area contributed by atoms with E-state index in [0.29, 0.717) is 30.5 Å². The van der Waals surface area contributed by atoms with E-state index < -0.39 is 11.9 Å². The summed E-state index contributed by atoms with van der Waals surface area (Å²) in [4.78, 5) is 26.8. The van der Waals surface area contributed by atoms with Crippen LogP contribution in [0.1, 0.15) is 20.7 Å². The maximum atomic E-state index is 12.6. The van der Waals surface area contributed by atoms with Gasteiger partial charge in [-0.25, -0.2) is 9.59 Å². The molecule has 0 fully saturated rings. The summed E-state index contributed by atoms with van der Waals surface area (Å²) in [6, 6.07) is 9.37. The Morgan fingerprint density at radius 1 is 0.889 bits per heavy atom. The average Bonchev–Trinajstić information content (AvgIpc) is 2.60. The van der Waals surface area contributed by atoms with Crippen LogP contribution >= 0.6 is 58.0 Å². The Morgan fingerprint density at radius 2 is 1.44 bits per heavy atom. The first-order valence-corrected chi connectivity index (χ1v) is 9.96. The number of halogens is 5. The first-order chi connectivity index (χ1) is 12.9. The highest BCUT2D eigenvalue weighted by atomic mass is 35.5. The fourth-order valence-electron chi connectivity index (χ4n) is 2.41. The van der Waals surface area contributed by atoms with E-state index in [0.717, 1.165) is 0 Å². The van der Waals surface area contributed by atoms with Gasteiger partial charge in [0, 0.05) is 29.9 Å². The van der Waals surface area contributed by atoms with Crippen molar-refractivity contribution >= 4 is 75.6 Å². The third-order valence-corrected chi connectivity index (χ3v) is 4.72. The first-order valence-electron chi connectivity index (χ1n) is 7.76. The molecule has 0 aromatic heterocycles. The number of hydrogen-bond acceptors (Lipinski definition) is 4. The predicted octanol–water partition coefficient (Wildman–Crippen LogP) is 5.93. The third kappa shape index (κ3) is 5.66. The van der Waals surface area contributed by atoms with Crippen molar-refractivity contribution in [2.45, 2.75) is 0 Å². The molecule has 2 aromatic rings. The Morgan fingerprint density at radius 3 is 2.00 bits per heavy atom. The Labute approximate surface area is 181 Å². The maximum Gasteiger partial charge on any atom is 0.349 e. The predicted molar refractivity (Wildman–Crippen MR) is 111 cm³/mol. The zero-order valence-corrected chi connectivity index (χ0v) is 17.6. The highest BCUT2D eigenvalue weighted by Crippen LogP contribution is 2.30. The highest BCUT2D eigenvalue weighted by molar-refractivity contribution is 6.42. The molecule has 4 nitrogen and oxygen atoms in total. The summed E-state index contributed by atoms with van der Waals surface area (Å²) in [5.41, 5.74) is 0.624. The van der Waals surface area contributed by atoms with Gasteiger partial charge in [-0.1, -0.05) is 46.9 Å². The molecule has 0 radical (unpaired) electrons. The quantitative estimate of drug-likeness (QED) is 0.287. The molecule has 144 valence electrons. The maximum absolute atomic E-state index is 12.6. The van der Waals surface area contributed by atoms with Gasteiger partial charge in [0.25, 0.3) is 0 Å². The molecule has 0 N–H and O–H groups in total. The molecule has 0 amide bonds. The standard InChI is InChI=1S/C18H14Cl5NO3/c19-5-7-24(8-6-20)15-4-2-1-3-12(15)17(25)27-18(26)16-13(22)9-11(21)10-14(16)23/h1-4,9-10H,5-8H2. The lowest BCUT2D eigenvalue weighted by molar-refractivity contribution is 0.0398. The van der Waals surface area contributed by atoms with Crippen LogP contribution in [0, 0.1) is 0 Å². The van der Waals surface area contributed by atoms with Gasteiger partial charge in [0.1, 0.15) is 0 Å². The van der Waals surface area contributed by atoms with Crippen molar-refractivity contribution < 1.29 is 14.3 Å². The highest BCUT2D eigenvalue weighted by Gasteiger charge is 2.24. The Hall–Kier alpha value is -1.17. The van der Waals surface area contributed by atoms with Gasteiger partial charge in [-0.15, -0.1) is 23.2 Å². The van der Waals surface area contributed by atoms with E-state index in [-0.39, 0.29) is 26.2 Å². The molecule has 0 atom stereocenters. The molecule has 0 heterocycles. The number of anilines is 1. The van der Waals surface area contributed by atoms with Crippen LogP contribution in [-0.2, 0) is 4.74 Å². The zero-order valence-electron chi connectivity index (χ0n) is 13.9. The SMILES string of the molecule is O=C(OC(=O)c1c(Cl)cc(Cl)cc1Cl)c1ccccc1N(CCCl)CCCl. The van der Waals surface area contributed by atoms with Gasteiger partial charge in [0.15, 0.2) is 0 Å². The molecule has 0 bridgehead atoms. The zero-order chi connectivity index (χ0) is 20.0. The van der Waals surface area contributed by atoms with E-state index in [1.807, 2.05) is 4.90 Å². The number of para-hydroxylation sites is 1. The number of carbonyl (C=O) groups excluding carboxylic acids is 2. The van der Waals surface area contributed by atoms with Crippen molar-refractivity contribution in [2.75, 3.05) is 29.7 Å². The molecule has 0 saturated heterocycles. The Balaban J connectivity index is 2.30. The first kappa shape index (κ1) is 22.1. The van der Waals surface area contributed by atoms with Crippen molar-refractivity contribution in [3.8, 4) is 0 Å². The minimum Gasteiger partial charge on any atom is -0.386 e. The fraction of sp³-hybridized carbons (Fsp3) is 0.222. The number of ether oxygens (including phenoxy) is 1. The van der Waals surface area contributed by atoms with Gasteiger partial charge in [-0.05, 0) is 24.3 Å². The van der Waals surface area contributed by atoms with E-state index in [2.05, 4.69) is 0 Å². The van der Waals surface area contributed by atoms with Gasteiger partial charge in [-0.3, -0.25) is 0 Å². The molecule has 27 heavy (non-hydrogen) atoms. The van der Waals surface area contributed by atoms with Crippen LogP contribution in [-0.4, -0.2) is 36.8 Å².